The maximum Gasteiger partial charge on any atom is 0.237 e. The lowest BCUT2D eigenvalue weighted by Crippen LogP contribution is -2.52. The van der Waals surface area contributed by atoms with Gasteiger partial charge in [-0.3, -0.25) is 9.69 Å². The van der Waals surface area contributed by atoms with E-state index in [9.17, 15) is 4.79 Å². The van der Waals surface area contributed by atoms with Gasteiger partial charge in [-0.05, 0) is 38.8 Å². The van der Waals surface area contributed by atoms with E-state index in [1.54, 1.807) is 0 Å². The molecule has 1 heterocycles. The molecule has 1 aromatic carbocycles. The Morgan fingerprint density at radius 1 is 1.32 bits per heavy atom. The molecule has 0 bridgehead atoms. The lowest BCUT2D eigenvalue weighted by Gasteiger charge is -2.38. The first-order valence-corrected chi connectivity index (χ1v) is 8.31. The normalized spacial score (nSPS) is 22.1. The van der Waals surface area contributed by atoms with Crippen LogP contribution in [-0.2, 0) is 4.79 Å². The molecule has 4 nitrogen and oxygen atoms in total. The van der Waals surface area contributed by atoms with Crippen molar-refractivity contribution in [3.8, 4) is 0 Å². The lowest BCUT2D eigenvalue weighted by atomic mass is 9.97. The van der Waals surface area contributed by atoms with E-state index in [1.165, 1.54) is 12.0 Å². The average molecular weight is 303 g/mol. The van der Waals surface area contributed by atoms with E-state index in [0.29, 0.717) is 12.6 Å². The minimum atomic E-state index is 0.0900. The zero-order chi connectivity index (χ0) is 16.1. The number of hydrogen-bond acceptors (Lipinski definition) is 3. The molecule has 1 aromatic rings. The molecular weight excluding hydrogens is 274 g/mol. The highest BCUT2D eigenvalue weighted by Crippen LogP contribution is 2.21. The second kappa shape index (κ2) is 7.75. The molecule has 0 aromatic heterocycles. The van der Waals surface area contributed by atoms with Crippen LogP contribution in [0.1, 0.15) is 44.7 Å². The Morgan fingerprint density at radius 3 is 2.64 bits per heavy atom. The molecule has 1 saturated heterocycles. The van der Waals surface area contributed by atoms with Crippen molar-refractivity contribution < 1.29 is 4.79 Å². The standard InChI is InChI=1S/C18H29N3O/c1-14(19)17-11-7-8-12-21(17)13-18(22)20(3)15(2)16-9-5-4-6-10-16/h4-6,9-10,14-15,17H,7-8,11-13,19H2,1-3H3. The van der Waals surface area contributed by atoms with Gasteiger partial charge in [0.15, 0.2) is 0 Å². The predicted octanol–water partition coefficient (Wildman–Crippen LogP) is 2.41. The summed E-state index contributed by atoms with van der Waals surface area (Å²) < 4.78 is 0. The summed E-state index contributed by atoms with van der Waals surface area (Å²) in [6.07, 6.45) is 3.48. The van der Waals surface area contributed by atoms with Gasteiger partial charge in [-0.2, -0.15) is 0 Å². The van der Waals surface area contributed by atoms with Crippen molar-refractivity contribution in [2.45, 2.75) is 51.2 Å². The van der Waals surface area contributed by atoms with Crippen LogP contribution < -0.4 is 5.73 Å². The van der Waals surface area contributed by atoms with Crippen LogP contribution in [0, 0.1) is 0 Å². The van der Waals surface area contributed by atoms with Crippen molar-refractivity contribution in [2.24, 2.45) is 5.73 Å². The van der Waals surface area contributed by atoms with E-state index in [4.69, 9.17) is 5.73 Å². The van der Waals surface area contributed by atoms with Crippen LogP contribution in [0.25, 0.3) is 0 Å². The summed E-state index contributed by atoms with van der Waals surface area (Å²) in [5.41, 5.74) is 7.26. The minimum absolute atomic E-state index is 0.0900. The molecule has 0 aliphatic carbocycles. The van der Waals surface area contributed by atoms with Gasteiger partial charge in [0, 0.05) is 19.1 Å². The highest BCUT2D eigenvalue weighted by atomic mass is 16.2. The van der Waals surface area contributed by atoms with Crippen LogP contribution in [0.2, 0.25) is 0 Å². The molecule has 0 spiro atoms. The van der Waals surface area contributed by atoms with Gasteiger partial charge >= 0.3 is 0 Å². The number of amides is 1. The Kier molecular flexibility index (Phi) is 5.98. The van der Waals surface area contributed by atoms with Crippen LogP contribution in [0.5, 0.6) is 0 Å². The summed E-state index contributed by atoms with van der Waals surface area (Å²) in [6.45, 7) is 5.57. The Morgan fingerprint density at radius 2 is 2.00 bits per heavy atom. The van der Waals surface area contributed by atoms with Crippen molar-refractivity contribution >= 4 is 5.91 Å². The van der Waals surface area contributed by atoms with E-state index in [1.807, 2.05) is 37.1 Å². The lowest BCUT2D eigenvalue weighted by molar-refractivity contribution is -0.134. The first kappa shape index (κ1) is 17.0. The highest BCUT2D eigenvalue weighted by molar-refractivity contribution is 5.78. The summed E-state index contributed by atoms with van der Waals surface area (Å²) in [4.78, 5) is 16.8. The summed E-state index contributed by atoms with van der Waals surface area (Å²) in [5, 5.41) is 0. The van der Waals surface area contributed by atoms with Crippen LogP contribution in [0.3, 0.4) is 0 Å². The van der Waals surface area contributed by atoms with Gasteiger partial charge < -0.3 is 10.6 Å². The largest absolute Gasteiger partial charge is 0.338 e. The number of nitrogens with zero attached hydrogens (tertiary/aromatic N) is 2. The van der Waals surface area contributed by atoms with Crippen molar-refractivity contribution in [3.63, 3.8) is 0 Å². The van der Waals surface area contributed by atoms with Crippen LogP contribution >= 0.6 is 0 Å². The maximum atomic E-state index is 12.6. The Labute approximate surface area is 134 Å². The zero-order valence-corrected chi connectivity index (χ0v) is 14.0. The molecule has 2 rings (SSSR count). The molecule has 1 aliphatic heterocycles. The van der Waals surface area contributed by atoms with Crippen LogP contribution in [0.15, 0.2) is 30.3 Å². The van der Waals surface area contributed by atoms with Crippen molar-refractivity contribution in [3.05, 3.63) is 35.9 Å². The number of piperidine rings is 1. The van der Waals surface area contributed by atoms with Gasteiger partial charge in [-0.15, -0.1) is 0 Å². The van der Waals surface area contributed by atoms with E-state index in [-0.39, 0.29) is 18.0 Å². The fourth-order valence-electron chi connectivity index (χ4n) is 3.26. The topological polar surface area (TPSA) is 49.6 Å². The van der Waals surface area contributed by atoms with Crippen molar-refractivity contribution in [2.75, 3.05) is 20.1 Å². The number of benzene rings is 1. The molecule has 2 N–H and O–H groups in total. The quantitative estimate of drug-likeness (QED) is 0.909. The summed E-state index contributed by atoms with van der Waals surface area (Å²) in [6, 6.07) is 10.7. The van der Waals surface area contributed by atoms with Crippen molar-refractivity contribution in [1.82, 2.24) is 9.80 Å². The fourth-order valence-corrected chi connectivity index (χ4v) is 3.26. The van der Waals surface area contributed by atoms with E-state index < -0.39 is 0 Å². The molecule has 3 atom stereocenters. The number of likely N-dealkylation sites (N-methyl/N-ethyl adjacent to an activating group) is 1. The third-order valence-electron chi connectivity index (χ3n) is 4.87. The number of nitrogens with two attached hydrogens (primary N) is 1. The van der Waals surface area contributed by atoms with Gasteiger partial charge in [0.2, 0.25) is 5.91 Å². The van der Waals surface area contributed by atoms with E-state index in [0.717, 1.165) is 19.4 Å². The first-order chi connectivity index (χ1) is 10.5. The predicted molar refractivity (Wildman–Crippen MR) is 90.5 cm³/mol. The molecular formula is C18H29N3O. The molecule has 0 radical (unpaired) electrons. The molecule has 0 saturated carbocycles. The molecule has 4 heteroatoms. The van der Waals surface area contributed by atoms with Gasteiger partial charge in [0.05, 0.1) is 12.6 Å². The second-order valence-corrected chi connectivity index (χ2v) is 6.48. The molecule has 1 fully saturated rings. The van der Waals surface area contributed by atoms with Gasteiger partial charge in [0.25, 0.3) is 0 Å². The average Bonchev–Trinajstić information content (AvgIpc) is 2.54. The van der Waals surface area contributed by atoms with Gasteiger partial charge in [-0.25, -0.2) is 0 Å². The van der Waals surface area contributed by atoms with Crippen molar-refractivity contribution in [1.29, 1.82) is 0 Å². The Bertz CT molecular complexity index is 474. The number of carbonyl (C=O) groups excluding carboxylic acids is 1. The molecule has 122 valence electrons. The van der Waals surface area contributed by atoms with Gasteiger partial charge in [-0.1, -0.05) is 36.8 Å². The molecule has 1 aliphatic rings. The summed E-state index contributed by atoms with van der Waals surface area (Å²) >= 11 is 0. The number of carbonyl (C=O) groups is 1. The smallest absolute Gasteiger partial charge is 0.237 e. The minimum Gasteiger partial charge on any atom is -0.338 e. The van der Waals surface area contributed by atoms with Crippen LogP contribution in [-0.4, -0.2) is 47.9 Å². The van der Waals surface area contributed by atoms with Crippen LogP contribution in [0.4, 0.5) is 0 Å². The number of likely N-dealkylation sites (tertiary alicyclic amines) is 1. The summed E-state index contributed by atoms with van der Waals surface area (Å²) in [5.74, 6) is 0.170. The SMILES string of the molecule is CC(N)C1CCCCN1CC(=O)N(C)C(C)c1ccccc1. The zero-order valence-electron chi connectivity index (χ0n) is 14.0. The third-order valence-corrected chi connectivity index (χ3v) is 4.87. The Balaban J connectivity index is 1.98. The number of rotatable bonds is 5. The molecule has 3 unspecified atom stereocenters. The molecule has 1 amide bonds. The third kappa shape index (κ3) is 4.08. The highest BCUT2D eigenvalue weighted by Gasteiger charge is 2.28. The second-order valence-electron chi connectivity index (χ2n) is 6.48. The fraction of sp³-hybridized carbons (Fsp3) is 0.611. The van der Waals surface area contributed by atoms with E-state index in [2.05, 4.69) is 24.0 Å². The first-order valence-electron chi connectivity index (χ1n) is 8.31. The van der Waals surface area contributed by atoms with E-state index >= 15 is 0 Å². The number of hydrogen-bond donors (Lipinski definition) is 1. The Hall–Kier alpha value is -1.39. The summed E-state index contributed by atoms with van der Waals surface area (Å²) in [7, 11) is 1.89. The molecule has 22 heavy (non-hydrogen) atoms. The van der Waals surface area contributed by atoms with Gasteiger partial charge in [0.1, 0.15) is 0 Å². The maximum absolute atomic E-state index is 12.6. The monoisotopic (exact) mass is 303 g/mol.